The highest BCUT2D eigenvalue weighted by atomic mass is 32.2. The molecule has 1 N–H and O–H groups in total. The van der Waals surface area contributed by atoms with Crippen molar-refractivity contribution in [3.05, 3.63) is 71.5 Å². The van der Waals surface area contributed by atoms with Crippen molar-refractivity contribution < 1.29 is 9.53 Å². The van der Waals surface area contributed by atoms with E-state index in [0.717, 1.165) is 35.3 Å². The molecule has 2 aromatic carbocycles. The van der Waals surface area contributed by atoms with Gasteiger partial charge in [0.1, 0.15) is 11.6 Å². The van der Waals surface area contributed by atoms with Gasteiger partial charge >= 0.3 is 0 Å². The lowest BCUT2D eigenvalue weighted by Gasteiger charge is -2.17. The largest absolute Gasteiger partial charge is 0.385 e. The number of rotatable bonds is 9. The standard InChI is InChI=1S/C22H26N4O2S/c1-16-12-17(2)14-19(13-16)24-21(27)20(18-8-5-4-6-9-18)29-22-25-23-15-26(22)10-7-11-28-3/h4-6,8-9,12-15,20H,7,10-11H2,1-3H3,(H,24,27). The Hall–Kier alpha value is -2.64. The summed E-state index contributed by atoms with van der Waals surface area (Å²) in [7, 11) is 1.69. The summed E-state index contributed by atoms with van der Waals surface area (Å²) in [5.74, 6) is -0.0855. The average molecular weight is 411 g/mol. The number of aromatic nitrogens is 3. The van der Waals surface area contributed by atoms with Crippen LogP contribution in [0.4, 0.5) is 5.69 Å². The number of methoxy groups -OCH3 is 1. The SMILES string of the molecule is COCCCn1cnnc1SC(C(=O)Nc1cc(C)cc(C)c1)c1ccccc1. The fourth-order valence-electron chi connectivity index (χ4n) is 3.13. The van der Waals surface area contributed by atoms with Crippen LogP contribution in [0.2, 0.25) is 0 Å². The highest BCUT2D eigenvalue weighted by molar-refractivity contribution is 8.00. The van der Waals surface area contributed by atoms with Gasteiger partial charge in [-0.2, -0.15) is 0 Å². The van der Waals surface area contributed by atoms with Crippen LogP contribution in [0.5, 0.6) is 0 Å². The summed E-state index contributed by atoms with van der Waals surface area (Å²) in [6.45, 7) is 5.45. The fraction of sp³-hybridized carbons (Fsp3) is 0.318. The first-order chi connectivity index (χ1) is 14.1. The Labute approximate surface area is 175 Å². The van der Waals surface area contributed by atoms with Crippen LogP contribution in [-0.4, -0.2) is 34.4 Å². The van der Waals surface area contributed by atoms with Crippen molar-refractivity contribution in [2.45, 2.75) is 37.2 Å². The molecule has 1 unspecified atom stereocenters. The molecule has 0 bridgehead atoms. The van der Waals surface area contributed by atoms with Gasteiger partial charge in [-0.3, -0.25) is 4.79 Å². The first kappa shape index (κ1) is 21.1. The van der Waals surface area contributed by atoms with Gasteiger partial charge in [0.2, 0.25) is 5.91 Å². The summed E-state index contributed by atoms with van der Waals surface area (Å²) in [5, 5.41) is 11.6. The quantitative estimate of drug-likeness (QED) is 0.418. The maximum Gasteiger partial charge on any atom is 0.242 e. The number of nitrogens with one attached hydrogen (secondary N) is 1. The molecule has 6 nitrogen and oxygen atoms in total. The number of amides is 1. The summed E-state index contributed by atoms with van der Waals surface area (Å²) in [6, 6.07) is 15.8. The predicted octanol–water partition coefficient (Wildman–Crippen LogP) is 4.40. The Morgan fingerprint density at radius 3 is 2.59 bits per heavy atom. The van der Waals surface area contributed by atoms with Gasteiger partial charge in [0, 0.05) is 25.9 Å². The summed E-state index contributed by atoms with van der Waals surface area (Å²) in [5.41, 5.74) is 3.95. The maximum atomic E-state index is 13.2. The number of hydrogen-bond donors (Lipinski definition) is 1. The molecule has 29 heavy (non-hydrogen) atoms. The van der Waals surface area contributed by atoms with Crippen LogP contribution in [-0.2, 0) is 16.1 Å². The molecule has 0 aliphatic carbocycles. The van der Waals surface area contributed by atoms with Crippen molar-refractivity contribution in [3.63, 3.8) is 0 Å². The van der Waals surface area contributed by atoms with E-state index in [9.17, 15) is 4.79 Å². The number of nitrogens with zero attached hydrogens (tertiary/aromatic N) is 3. The molecule has 0 radical (unpaired) electrons. The Kier molecular flexibility index (Phi) is 7.43. The fourth-order valence-corrected chi connectivity index (χ4v) is 4.17. The van der Waals surface area contributed by atoms with Crippen molar-refractivity contribution >= 4 is 23.4 Å². The molecule has 1 atom stereocenters. The molecule has 0 aliphatic heterocycles. The van der Waals surface area contributed by atoms with Crippen LogP contribution in [0, 0.1) is 13.8 Å². The predicted molar refractivity (Wildman–Crippen MR) is 116 cm³/mol. The highest BCUT2D eigenvalue weighted by Crippen LogP contribution is 2.35. The minimum Gasteiger partial charge on any atom is -0.385 e. The molecule has 152 valence electrons. The van der Waals surface area contributed by atoms with E-state index in [0.29, 0.717) is 11.8 Å². The topological polar surface area (TPSA) is 69.0 Å². The van der Waals surface area contributed by atoms with Gasteiger partial charge in [-0.1, -0.05) is 48.2 Å². The molecule has 0 aliphatic rings. The first-order valence-corrected chi connectivity index (χ1v) is 10.4. The van der Waals surface area contributed by atoms with Crippen LogP contribution in [0.25, 0.3) is 0 Å². The van der Waals surface area contributed by atoms with E-state index in [2.05, 4.69) is 21.6 Å². The maximum absolute atomic E-state index is 13.2. The average Bonchev–Trinajstić information content (AvgIpc) is 3.13. The second-order valence-electron chi connectivity index (χ2n) is 6.93. The Bertz CT molecular complexity index is 923. The number of ether oxygens (including phenoxy) is 1. The summed E-state index contributed by atoms with van der Waals surface area (Å²) in [6.07, 6.45) is 2.55. The van der Waals surface area contributed by atoms with E-state index in [-0.39, 0.29) is 5.91 Å². The second kappa shape index (κ2) is 10.2. The van der Waals surface area contributed by atoms with E-state index in [1.165, 1.54) is 11.8 Å². The van der Waals surface area contributed by atoms with Crippen molar-refractivity contribution in [3.8, 4) is 0 Å². The molecule has 1 heterocycles. The van der Waals surface area contributed by atoms with Gasteiger partial charge in [0.25, 0.3) is 0 Å². The lowest BCUT2D eigenvalue weighted by Crippen LogP contribution is -2.19. The van der Waals surface area contributed by atoms with Crippen molar-refractivity contribution in [2.75, 3.05) is 19.0 Å². The van der Waals surface area contributed by atoms with Crippen LogP contribution in [0.3, 0.4) is 0 Å². The van der Waals surface area contributed by atoms with Crippen molar-refractivity contribution in [1.29, 1.82) is 0 Å². The summed E-state index contributed by atoms with van der Waals surface area (Å²) >= 11 is 1.41. The third kappa shape index (κ3) is 5.92. The van der Waals surface area contributed by atoms with Crippen LogP contribution in [0.1, 0.15) is 28.4 Å². The molecule has 3 rings (SSSR count). The van der Waals surface area contributed by atoms with Crippen LogP contribution < -0.4 is 5.32 Å². The van der Waals surface area contributed by atoms with E-state index in [1.54, 1.807) is 13.4 Å². The number of aryl methyl sites for hydroxylation is 3. The van der Waals surface area contributed by atoms with Crippen molar-refractivity contribution in [2.24, 2.45) is 0 Å². The molecular weight excluding hydrogens is 384 g/mol. The Morgan fingerprint density at radius 2 is 1.90 bits per heavy atom. The van der Waals surface area contributed by atoms with Gasteiger partial charge in [-0.05, 0) is 49.1 Å². The zero-order chi connectivity index (χ0) is 20.6. The number of carbonyl (C=O) groups is 1. The van der Waals surface area contributed by atoms with E-state index in [1.807, 2.05) is 60.9 Å². The molecule has 1 aromatic heterocycles. The Balaban J connectivity index is 1.82. The molecule has 7 heteroatoms. The lowest BCUT2D eigenvalue weighted by molar-refractivity contribution is -0.115. The van der Waals surface area contributed by atoms with Crippen LogP contribution >= 0.6 is 11.8 Å². The molecule has 3 aromatic rings. The van der Waals surface area contributed by atoms with Gasteiger partial charge < -0.3 is 14.6 Å². The van der Waals surface area contributed by atoms with Crippen LogP contribution in [0.15, 0.2) is 60.0 Å². The molecule has 1 amide bonds. The molecule has 0 fully saturated rings. The molecule has 0 saturated heterocycles. The first-order valence-electron chi connectivity index (χ1n) is 9.54. The van der Waals surface area contributed by atoms with Gasteiger partial charge in [0.05, 0.1) is 0 Å². The number of anilines is 1. The van der Waals surface area contributed by atoms with Gasteiger partial charge in [-0.15, -0.1) is 10.2 Å². The van der Waals surface area contributed by atoms with E-state index >= 15 is 0 Å². The Morgan fingerprint density at radius 1 is 1.17 bits per heavy atom. The number of benzene rings is 2. The third-order valence-electron chi connectivity index (χ3n) is 4.38. The summed E-state index contributed by atoms with van der Waals surface area (Å²) < 4.78 is 7.09. The molecular formula is C22H26N4O2S. The summed E-state index contributed by atoms with van der Waals surface area (Å²) in [4.78, 5) is 13.2. The zero-order valence-corrected chi connectivity index (χ0v) is 17.8. The minimum atomic E-state index is -0.442. The second-order valence-corrected chi connectivity index (χ2v) is 8.00. The number of carbonyl (C=O) groups excluding carboxylic acids is 1. The van der Waals surface area contributed by atoms with Gasteiger partial charge in [0.15, 0.2) is 5.16 Å². The minimum absolute atomic E-state index is 0.0855. The zero-order valence-electron chi connectivity index (χ0n) is 17.0. The van der Waals surface area contributed by atoms with E-state index < -0.39 is 5.25 Å². The third-order valence-corrected chi connectivity index (χ3v) is 5.63. The van der Waals surface area contributed by atoms with Gasteiger partial charge in [-0.25, -0.2) is 0 Å². The lowest BCUT2D eigenvalue weighted by atomic mass is 10.1. The van der Waals surface area contributed by atoms with E-state index in [4.69, 9.17) is 4.74 Å². The normalized spacial score (nSPS) is 12.0. The number of thioether (sulfide) groups is 1. The molecule has 0 saturated carbocycles. The monoisotopic (exact) mass is 410 g/mol. The smallest absolute Gasteiger partial charge is 0.242 e. The highest BCUT2D eigenvalue weighted by Gasteiger charge is 2.24. The van der Waals surface area contributed by atoms with Crippen molar-refractivity contribution in [1.82, 2.24) is 14.8 Å². The number of hydrogen-bond acceptors (Lipinski definition) is 5. The molecule has 0 spiro atoms.